The zero-order valence-electron chi connectivity index (χ0n) is 8.76. The number of aromatic nitrogens is 1. The smallest absolute Gasteiger partial charge is 0.273 e. The Kier molecular flexibility index (Phi) is 3.50. The largest absolute Gasteiger partial charge is 0.393 e. The molecule has 4 nitrogen and oxygen atoms in total. The van der Waals surface area contributed by atoms with Gasteiger partial charge in [-0.15, -0.1) is 11.3 Å². The minimum atomic E-state index is 0.0163. The SMILES string of the molecule is NC(=S)C1CCN(C(=O)c2cscn2)CC1. The number of thiazole rings is 1. The molecule has 6 heteroatoms. The Hall–Kier alpha value is -1.01. The molecule has 2 heterocycles. The lowest BCUT2D eigenvalue weighted by Crippen LogP contribution is -2.41. The molecule has 0 saturated carbocycles. The van der Waals surface area contributed by atoms with E-state index in [1.54, 1.807) is 10.9 Å². The first-order chi connectivity index (χ1) is 7.68. The fourth-order valence-corrected chi connectivity index (χ4v) is 2.61. The second-order valence-corrected chi connectivity index (χ2v) is 5.03. The molecule has 1 fully saturated rings. The van der Waals surface area contributed by atoms with Crippen molar-refractivity contribution in [1.29, 1.82) is 0 Å². The van der Waals surface area contributed by atoms with Gasteiger partial charge in [0, 0.05) is 24.4 Å². The predicted octanol–water partition coefficient (Wildman–Crippen LogP) is 1.28. The second-order valence-electron chi connectivity index (χ2n) is 3.84. The van der Waals surface area contributed by atoms with Gasteiger partial charge in [-0.2, -0.15) is 0 Å². The molecule has 2 rings (SSSR count). The van der Waals surface area contributed by atoms with Crippen molar-refractivity contribution in [2.45, 2.75) is 12.8 Å². The molecule has 1 aliphatic rings. The van der Waals surface area contributed by atoms with Crippen molar-refractivity contribution in [1.82, 2.24) is 9.88 Å². The number of nitrogens with two attached hydrogens (primary N) is 1. The minimum Gasteiger partial charge on any atom is -0.393 e. The maximum absolute atomic E-state index is 11.9. The molecule has 0 aromatic carbocycles. The first-order valence-corrected chi connectivity index (χ1v) is 6.50. The summed E-state index contributed by atoms with van der Waals surface area (Å²) < 4.78 is 0. The molecule has 1 aliphatic heterocycles. The van der Waals surface area contributed by atoms with Crippen LogP contribution in [0.4, 0.5) is 0 Å². The number of carbonyl (C=O) groups excluding carboxylic acids is 1. The zero-order chi connectivity index (χ0) is 11.5. The Morgan fingerprint density at radius 3 is 2.75 bits per heavy atom. The number of hydrogen-bond donors (Lipinski definition) is 1. The van der Waals surface area contributed by atoms with E-state index in [1.165, 1.54) is 11.3 Å². The third-order valence-corrected chi connectivity index (χ3v) is 3.76. The normalized spacial score (nSPS) is 17.4. The molecule has 0 spiro atoms. The molecule has 0 radical (unpaired) electrons. The molecule has 86 valence electrons. The Labute approximate surface area is 103 Å². The van der Waals surface area contributed by atoms with Crippen LogP contribution < -0.4 is 5.73 Å². The van der Waals surface area contributed by atoms with Crippen molar-refractivity contribution in [2.24, 2.45) is 11.7 Å². The van der Waals surface area contributed by atoms with Gasteiger partial charge in [-0.1, -0.05) is 12.2 Å². The number of amides is 1. The standard InChI is InChI=1S/C10H13N3OS2/c11-9(15)7-1-3-13(4-2-7)10(14)8-5-16-6-12-8/h5-7H,1-4H2,(H2,11,15). The number of thiocarbonyl (C=S) groups is 1. The van der Waals surface area contributed by atoms with Crippen LogP contribution in [0, 0.1) is 5.92 Å². The lowest BCUT2D eigenvalue weighted by Gasteiger charge is -2.30. The maximum atomic E-state index is 11.9. The van der Waals surface area contributed by atoms with Crippen molar-refractivity contribution in [3.8, 4) is 0 Å². The van der Waals surface area contributed by atoms with Crippen molar-refractivity contribution in [3.63, 3.8) is 0 Å². The molecule has 16 heavy (non-hydrogen) atoms. The van der Waals surface area contributed by atoms with Gasteiger partial charge in [0.25, 0.3) is 5.91 Å². The van der Waals surface area contributed by atoms with Gasteiger partial charge in [0.2, 0.25) is 0 Å². The van der Waals surface area contributed by atoms with E-state index in [-0.39, 0.29) is 11.8 Å². The molecule has 0 atom stereocenters. The number of hydrogen-bond acceptors (Lipinski definition) is 4. The van der Waals surface area contributed by atoms with Crippen molar-refractivity contribution >= 4 is 34.5 Å². The highest BCUT2D eigenvalue weighted by atomic mass is 32.1. The maximum Gasteiger partial charge on any atom is 0.273 e. The summed E-state index contributed by atoms with van der Waals surface area (Å²) in [5.41, 5.74) is 7.82. The van der Waals surface area contributed by atoms with Gasteiger partial charge in [0.15, 0.2) is 0 Å². The van der Waals surface area contributed by atoms with Crippen LogP contribution in [0.3, 0.4) is 0 Å². The highest BCUT2D eigenvalue weighted by molar-refractivity contribution is 7.80. The number of rotatable bonds is 2. The molecule has 1 aromatic heterocycles. The summed E-state index contributed by atoms with van der Waals surface area (Å²) in [6.45, 7) is 1.44. The molecular weight excluding hydrogens is 242 g/mol. The summed E-state index contributed by atoms with van der Waals surface area (Å²) in [4.78, 5) is 18.4. The summed E-state index contributed by atoms with van der Waals surface area (Å²) in [5, 5.41) is 1.78. The molecule has 1 amide bonds. The first-order valence-electron chi connectivity index (χ1n) is 5.15. The minimum absolute atomic E-state index is 0.0163. The highest BCUT2D eigenvalue weighted by Gasteiger charge is 2.25. The third-order valence-electron chi connectivity index (χ3n) is 2.84. The van der Waals surface area contributed by atoms with E-state index in [2.05, 4.69) is 4.98 Å². The molecule has 0 aliphatic carbocycles. The van der Waals surface area contributed by atoms with Gasteiger partial charge in [-0.3, -0.25) is 4.79 Å². The number of likely N-dealkylation sites (tertiary alicyclic amines) is 1. The fourth-order valence-electron chi connectivity index (χ4n) is 1.85. The van der Waals surface area contributed by atoms with Crippen LogP contribution in [0.15, 0.2) is 10.9 Å². The predicted molar refractivity (Wildman–Crippen MR) is 67.5 cm³/mol. The molecule has 1 aromatic rings. The fraction of sp³-hybridized carbons (Fsp3) is 0.500. The Bertz CT molecular complexity index is 383. The number of piperidine rings is 1. The van der Waals surface area contributed by atoms with Gasteiger partial charge in [-0.25, -0.2) is 4.98 Å². The van der Waals surface area contributed by atoms with E-state index in [0.717, 1.165) is 25.9 Å². The summed E-state index contributed by atoms with van der Waals surface area (Å²) >= 11 is 6.40. The van der Waals surface area contributed by atoms with E-state index in [9.17, 15) is 4.79 Å². The zero-order valence-corrected chi connectivity index (χ0v) is 10.4. The first kappa shape index (κ1) is 11.5. The van der Waals surface area contributed by atoms with Gasteiger partial charge in [0.1, 0.15) is 5.69 Å². The van der Waals surface area contributed by atoms with Gasteiger partial charge in [-0.05, 0) is 12.8 Å². The molecule has 0 unspecified atom stereocenters. The van der Waals surface area contributed by atoms with E-state index >= 15 is 0 Å². The van der Waals surface area contributed by atoms with Gasteiger partial charge < -0.3 is 10.6 Å². The van der Waals surface area contributed by atoms with Crippen molar-refractivity contribution in [2.75, 3.05) is 13.1 Å². The molecule has 1 saturated heterocycles. The molecule has 0 bridgehead atoms. The van der Waals surface area contributed by atoms with Gasteiger partial charge >= 0.3 is 0 Å². The summed E-state index contributed by atoms with van der Waals surface area (Å²) in [7, 11) is 0. The molecular formula is C10H13N3OS2. The average Bonchev–Trinajstić information content (AvgIpc) is 2.81. The second kappa shape index (κ2) is 4.88. The van der Waals surface area contributed by atoms with E-state index in [0.29, 0.717) is 10.7 Å². The van der Waals surface area contributed by atoms with Crippen LogP contribution in [0.2, 0.25) is 0 Å². The third kappa shape index (κ3) is 2.38. The topological polar surface area (TPSA) is 59.2 Å². The van der Waals surface area contributed by atoms with Crippen LogP contribution in [0.1, 0.15) is 23.3 Å². The average molecular weight is 255 g/mol. The lowest BCUT2D eigenvalue weighted by molar-refractivity contribution is 0.0705. The summed E-state index contributed by atoms with van der Waals surface area (Å²) in [5.74, 6) is 0.303. The van der Waals surface area contributed by atoms with E-state index < -0.39 is 0 Å². The van der Waals surface area contributed by atoms with Crippen LogP contribution in [0.5, 0.6) is 0 Å². The van der Waals surface area contributed by atoms with Gasteiger partial charge in [0.05, 0.1) is 10.5 Å². The Morgan fingerprint density at radius 1 is 1.56 bits per heavy atom. The Morgan fingerprint density at radius 2 is 2.25 bits per heavy atom. The van der Waals surface area contributed by atoms with Crippen LogP contribution in [0.25, 0.3) is 0 Å². The highest BCUT2D eigenvalue weighted by Crippen LogP contribution is 2.19. The summed E-state index contributed by atoms with van der Waals surface area (Å²) in [6.07, 6.45) is 1.73. The van der Waals surface area contributed by atoms with Crippen LogP contribution in [-0.2, 0) is 0 Å². The van der Waals surface area contributed by atoms with E-state index in [1.807, 2.05) is 4.90 Å². The van der Waals surface area contributed by atoms with Crippen molar-refractivity contribution < 1.29 is 4.79 Å². The Balaban J connectivity index is 1.94. The van der Waals surface area contributed by atoms with Crippen molar-refractivity contribution in [3.05, 3.63) is 16.6 Å². The van der Waals surface area contributed by atoms with E-state index in [4.69, 9.17) is 18.0 Å². The van der Waals surface area contributed by atoms with Crippen LogP contribution >= 0.6 is 23.6 Å². The van der Waals surface area contributed by atoms with Crippen LogP contribution in [-0.4, -0.2) is 33.9 Å². The number of carbonyl (C=O) groups is 1. The lowest BCUT2D eigenvalue weighted by atomic mass is 9.97. The number of nitrogens with zero attached hydrogens (tertiary/aromatic N) is 2. The summed E-state index contributed by atoms with van der Waals surface area (Å²) in [6, 6.07) is 0. The monoisotopic (exact) mass is 255 g/mol. The quantitative estimate of drug-likeness (QED) is 0.809. The molecule has 2 N–H and O–H groups in total.